The molecule has 3 atom stereocenters. The van der Waals surface area contributed by atoms with Crippen LogP contribution in [0.25, 0.3) is 10.4 Å². The third-order valence-corrected chi connectivity index (χ3v) is 6.29. The van der Waals surface area contributed by atoms with Gasteiger partial charge in [0.05, 0.1) is 34.9 Å². The van der Waals surface area contributed by atoms with Crippen LogP contribution in [0.15, 0.2) is 76.0 Å². The van der Waals surface area contributed by atoms with Gasteiger partial charge >= 0.3 is 11.9 Å². The largest absolute Gasteiger partial charge is 0.463 e. The predicted octanol–water partition coefficient (Wildman–Crippen LogP) is 6.37. The molecule has 11 nitrogen and oxygen atoms in total. The first-order chi connectivity index (χ1) is 18.7. The zero-order valence-electron chi connectivity index (χ0n) is 22.3. The van der Waals surface area contributed by atoms with Crippen molar-refractivity contribution >= 4 is 23.3 Å². The van der Waals surface area contributed by atoms with Crippen LogP contribution in [0.1, 0.15) is 63.6 Å². The Morgan fingerprint density at radius 3 is 2.51 bits per heavy atom. The minimum Gasteiger partial charge on any atom is -0.463 e. The van der Waals surface area contributed by atoms with Gasteiger partial charge in [-0.05, 0) is 57.2 Å². The zero-order chi connectivity index (χ0) is 28.5. The van der Waals surface area contributed by atoms with Crippen molar-refractivity contribution in [3.63, 3.8) is 0 Å². The topological polar surface area (TPSA) is 157 Å². The summed E-state index contributed by atoms with van der Waals surface area (Å²) < 4.78 is 10.9. The Morgan fingerprint density at radius 2 is 1.90 bits per heavy atom. The number of aliphatic imine (C=N–C) groups is 1. The van der Waals surface area contributed by atoms with E-state index in [1.165, 1.54) is 18.2 Å². The smallest absolute Gasteiger partial charge is 0.336 e. The van der Waals surface area contributed by atoms with Crippen LogP contribution >= 0.6 is 0 Å². The van der Waals surface area contributed by atoms with Gasteiger partial charge in [-0.15, -0.1) is 0 Å². The molecular formula is C28H31N5O6. The lowest BCUT2D eigenvalue weighted by molar-refractivity contribution is -0.384. The van der Waals surface area contributed by atoms with Gasteiger partial charge in [-0.1, -0.05) is 47.6 Å². The highest BCUT2D eigenvalue weighted by Crippen LogP contribution is 2.43. The summed E-state index contributed by atoms with van der Waals surface area (Å²) in [6.07, 6.45) is 0.121. The van der Waals surface area contributed by atoms with E-state index < -0.39 is 40.8 Å². The molecular weight excluding hydrogens is 502 g/mol. The van der Waals surface area contributed by atoms with E-state index in [4.69, 9.17) is 15.0 Å². The number of benzene rings is 2. The Morgan fingerprint density at radius 1 is 1.18 bits per heavy atom. The lowest BCUT2D eigenvalue weighted by Gasteiger charge is -2.33. The molecule has 1 heterocycles. The van der Waals surface area contributed by atoms with Gasteiger partial charge in [-0.3, -0.25) is 19.9 Å². The number of nitrogens with zero attached hydrogens (tertiary/aromatic N) is 5. The van der Waals surface area contributed by atoms with Crippen LogP contribution in [-0.4, -0.2) is 35.3 Å². The minimum absolute atomic E-state index is 0.0758. The summed E-state index contributed by atoms with van der Waals surface area (Å²) in [5.41, 5.74) is 11.1. The first kappa shape index (κ1) is 29.1. The molecule has 1 aliphatic heterocycles. The summed E-state index contributed by atoms with van der Waals surface area (Å²) in [7, 11) is 0. The normalized spacial score (nSPS) is 17.6. The van der Waals surface area contributed by atoms with Gasteiger partial charge in [-0.25, -0.2) is 4.79 Å². The number of non-ortho nitro benzene ring substituents is 1. The Labute approximate surface area is 226 Å². The second-order valence-electron chi connectivity index (χ2n) is 9.30. The molecule has 204 valence electrons. The first-order valence-electron chi connectivity index (χ1n) is 12.7. The van der Waals surface area contributed by atoms with Crippen LogP contribution in [0.2, 0.25) is 0 Å². The van der Waals surface area contributed by atoms with E-state index in [0.717, 1.165) is 5.56 Å². The number of carbonyl (C=O) groups excluding carboxylic acids is 2. The van der Waals surface area contributed by atoms with E-state index in [1.807, 2.05) is 30.3 Å². The van der Waals surface area contributed by atoms with E-state index in [9.17, 15) is 19.7 Å². The maximum absolute atomic E-state index is 13.4. The molecule has 3 unspecified atom stereocenters. The molecule has 0 amide bonds. The van der Waals surface area contributed by atoms with E-state index in [1.54, 1.807) is 33.8 Å². The highest BCUT2D eigenvalue weighted by Gasteiger charge is 2.43. The van der Waals surface area contributed by atoms with Gasteiger partial charge in [0.15, 0.2) is 0 Å². The van der Waals surface area contributed by atoms with Crippen molar-refractivity contribution in [3.8, 4) is 0 Å². The summed E-state index contributed by atoms with van der Waals surface area (Å²) in [5, 5.41) is 15.5. The van der Waals surface area contributed by atoms with Crippen molar-refractivity contribution < 1.29 is 24.0 Å². The number of esters is 2. The molecule has 0 spiro atoms. The van der Waals surface area contributed by atoms with Crippen molar-refractivity contribution in [1.29, 1.82) is 0 Å². The Balaban J connectivity index is 2.17. The molecule has 0 bridgehead atoms. The number of hydrogen-bond donors (Lipinski definition) is 0. The fourth-order valence-electron chi connectivity index (χ4n) is 4.68. The summed E-state index contributed by atoms with van der Waals surface area (Å²) in [4.78, 5) is 45.4. The Hall–Kier alpha value is -4.50. The van der Waals surface area contributed by atoms with Crippen molar-refractivity contribution in [2.45, 2.75) is 58.6 Å². The number of nitro benzene ring substituents is 1. The molecule has 39 heavy (non-hydrogen) atoms. The Kier molecular flexibility index (Phi) is 9.94. The van der Waals surface area contributed by atoms with Gasteiger partial charge in [0, 0.05) is 28.7 Å². The fourth-order valence-corrected chi connectivity index (χ4v) is 4.68. The monoisotopic (exact) mass is 533 g/mol. The lowest BCUT2D eigenvalue weighted by Crippen LogP contribution is -2.37. The summed E-state index contributed by atoms with van der Waals surface area (Å²) >= 11 is 0. The minimum atomic E-state index is -1.00. The second kappa shape index (κ2) is 13.3. The van der Waals surface area contributed by atoms with Gasteiger partial charge < -0.3 is 9.47 Å². The van der Waals surface area contributed by atoms with Crippen molar-refractivity contribution in [3.05, 3.63) is 97.6 Å². The molecule has 2 aromatic carbocycles. The third-order valence-electron chi connectivity index (χ3n) is 6.29. The summed E-state index contributed by atoms with van der Waals surface area (Å²) in [5.74, 6) is -3.21. The number of carbonyl (C=O) groups is 2. The van der Waals surface area contributed by atoms with Gasteiger partial charge in [0.2, 0.25) is 0 Å². The number of ether oxygens (including phenoxy) is 2. The van der Waals surface area contributed by atoms with Crippen molar-refractivity contribution in [1.82, 2.24) is 0 Å². The Bertz CT molecular complexity index is 1330. The standard InChI is InChI=1S/C28H31N5O6/c1-5-38-27(34)26-23(15-14-22(31-32-29)19-10-7-6-8-11-19)30-18(4)24(28(35)39-17(2)3)25(26)20-12-9-13-21(16-20)33(36)37/h6-13,16-17,22,24-25H,5,14-15H2,1-4H3. The average Bonchev–Trinajstić information content (AvgIpc) is 2.90. The molecule has 11 heteroatoms. The molecule has 2 aromatic rings. The molecule has 1 aliphatic rings. The van der Waals surface area contributed by atoms with Gasteiger partial charge in [0.25, 0.3) is 5.69 Å². The molecule has 0 aromatic heterocycles. The average molecular weight is 534 g/mol. The van der Waals surface area contributed by atoms with E-state index in [-0.39, 0.29) is 24.3 Å². The van der Waals surface area contributed by atoms with Gasteiger partial charge in [0.1, 0.15) is 5.92 Å². The lowest BCUT2D eigenvalue weighted by atomic mass is 9.75. The molecule has 0 aliphatic carbocycles. The first-order valence-corrected chi connectivity index (χ1v) is 12.7. The van der Waals surface area contributed by atoms with Crippen LogP contribution in [0.3, 0.4) is 0 Å². The summed E-state index contributed by atoms with van der Waals surface area (Å²) in [6.45, 7) is 6.83. The van der Waals surface area contributed by atoms with Crippen LogP contribution in [0.5, 0.6) is 0 Å². The molecule has 0 saturated carbocycles. The van der Waals surface area contributed by atoms with E-state index in [0.29, 0.717) is 23.4 Å². The molecule has 0 N–H and O–H groups in total. The summed E-state index contributed by atoms with van der Waals surface area (Å²) in [6, 6.07) is 14.5. The third kappa shape index (κ3) is 7.08. The molecule has 0 fully saturated rings. The van der Waals surface area contributed by atoms with E-state index in [2.05, 4.69) is 15.0 Å². The number of rotatable bonds is 11. The van der Waals surface area contributed by atoms with E-state index >= 15 is 0 Å². The second-order valence-corrected chi connectivity index (χ2v) is 9.30. The molecule has 0 radical (unpaired) electrons. The number of nitro groups is 1. The highest BCUT2D eigenvalue weighted by molar-refractivity contribution is 6.07. The number of allylic oxidation sites excluding steroid dienone is 1. The number of azide groups is 1. The molecule has 3 rings (SSSR count). The highest BCUT2D eigenvalue weighted by atomic mass is 16.6. The maximum atomic E-state index is 13.4. The quantitative estimate of drug-likeness (QED) is 0.0815. The van der Waals surface area contributed by atoms with Crippen molar-refractivity contribution in [2.75, 3.05) is 6.61 Å². The van der Waals surface area contributed by atoms with Crippen LogP contribution in [0, 0.1) is 16.0 Å². The fraction of sp³-hybridized carbons (Fsp3) is 0.393. The number of hydrogen-bond acceptors (Lipinski definition) is 8. The predicted molar refractivity (Wildman–Crippen MR) is 145 cm³/mol. The maximum Gasteiger partial charge on any atom is 0.336 e. The zero-order valence-corrected chi connectivity index (χ0v) is 22.3. The van der Waals surface area contributed by atoms with Crippen LogP contribution in [-0.2, 0) is 19.1 Å². The van der Waals surface area contributed by atoms with Gasteiger partial charge in [-0.2, -0.15) is 0 Å². The van der Waals surface area contributed by atoms with Crippen LogP contribution in [0.4, 0.5) is 5.69 Å². The SMILES string of the molecule is CCOC(=O)C1=C(CCC(N=[N+]=[N-])c2ccccc2)N=C(C)C(C(=O)OC(C)C)C1c1cccc([N+](=O)[O-])c1. The molecule has 0 saturated heterocycles. The van der Waals surface area contributed by atoms with Crippen molar-refractivity contribution in [2.24, 2.45) is 16.0 Å². The van der Waals surface area contributed by atoms with Crippen LogP contribution < -0.4 is 0 Å².